The largest absolute Gasteiger partial charge is 0.0616 e. The van der Waals surface area contributed by atoms with Crippen LogP contribution in [0.25, 0.3) is 86.9 Å². The van der Waals surface area contributed by atoms with E-state index in [2.05, 4.69) is 158 Å². The standard InChI is InChI=1S/C42H26/c1-2-14-30-24-38-37(23-29(30)13-1)41(35-21-9-17-27-11-5-7-19-33(27)35)39-25-31-15-3-4-16-32(31)26-40(39)42(38)36-22-10-18-28-12-6-8-20-34(28)36/h1-26H. The third kappa shape index (κ3) is 3.42. The molecular weight excluding hydrogens is 504 g/mol. The monoisotopic (exact) mass is 530 g/mol. The van der Waals surface area contributed by atoms with Crippen molar-refractivity contribution in [1.82, 2.24) is 0 Å². The normalized spacial score (nSPS) is 11.8. The van der Waals surface area contributed by atoms with Crippen molar-refractivity contribution in [3.8, 4) is 22.3 Å². The average molecular weight is 531 g/mol. The average Bonchev–Trinajstić information content (AvgIpc) is 3.05. The van der Waals surface area contributed by atoms with E-state index >= 15 is 0 Å². The molecule has 42 heavy (non-hydrogen) atoms. The first-order valence-electron chi connectivity index (χ1n) is 14.6. The maximum atomic E-state index is 2.42. The molecule has 0 spiro atoms. The summed E-state index contributed by atoms with van der Waals surface area (Å²) in [5, 5.41) is 15.3. The maximum Gasteiger partial charge on any atom is -0.00197 e. The molecule has 9 aromatic carbocycles. The van der Waals surface area contributed by atoms with Crippen LogP contribution >= 0.6 is 0 Å². The number of fused-ring (bicyclic) bond motifs is 6. The molecule has 0 radical (unpaired) electrons. The molecule has 9 rings (SSSR count). The first-order chi connectivity index (χ1) is 20.8. The van der Waals surface area contributed by atoms with Crippen molar-refractivity contribution in [3.05, 3.63) is 158 Å². The maximum absolute atomic E-state index is 2.42. The summed E-state index contributed by atoms with van der Waals surface area (Å²) in [4.78, 5) is 0. The third-order valence-electron chi connectivity index (χ3n) is 8.97. The van der Waals surface area contributed by atoms with Crippen molar-refractivity contribution in [1.29, 1.82) is 0 Å². The molecule has 0 saturated heterocycles. The van der Waals surface area contributed by atoms with Gasteiger partial charge in [-0.1, -0.05) is 133 Å². The van der Waals surface area contributed by atoms with Crippen molar-refractivity contribution in [2.24, 2.45) is 0 Å². The van der Waals surface area contributed by atoms with E-state index in [4.69, 9.17) is 0 Å². The van der Waals surface area contributed by atoms with Gasteiger partial charge in [-0.2, -0.15) is 0 Å². The second-order valence-corrected chi connectivity index (χ2v) is 11.3. The molecule has 0 aliphatic heterocycles. The fourth-order valence-electron chi connectivity index (χ4n) is 7.07. The summed E-state index contributed by atoms with van der Waals surface area (Å²) in [6.45, 7) is 0. The smallest absolute Gasteiger partial charge is 0.00197 e. The van der Waals surface area contributed by atoms with E-state index in [9.17, 15) is 0 Å². The second kappa shape index (κ2) is 9.03. The summed E-state index contributed by atoms with van der Waals surface area (Å²) in [7, 11) is 0. The highest BCUT2D eigenvalue weighted by molar-refractivity contribution is 6.28. The van der Waals surface area contributed by atoms with Crippen molar-refractivity contribution < 1.29 is 0 Å². The van der Waals surface area contributed by atoms with Crippen molar-refractivity contribution in [2.75, 3.05) is 0 Å². The summed E-state index contributed by atoms with van der Waals surface area (Å²) in [6, 6.07) is 58.2. The predicted molar refractivity (Wildman–Crippen MR) is 182 cm³/mol. The molecule has 0 aliphatic rings. The van der Waals surface area contributed by atoms with Crippen LogP contribution in [0.1, 0.15) is 0 Å². The zero-order valence-electron chi connectivity index (χ0n) is 23.0. The van der Waals surface area contributed by atoms with E-state index < -0.39 is 0 Å². The Morgan fingerprint density at radius 2 is 0.500 bits per heavy atom. The lowest BCUT2D eigenvalue weighted by molar-refractivity contribution is 1.70. The van der Waals surface area contributed by atoms with Crippen LogP contribution in [0.2, 0.25) is 0 Å². The Kier molecular flexibility index (Phi) is 5.00. The summed E-state index contributed by atoms with van der Waals surface area (Å²) >= 11 is 0. The lowest BCUT2D eigenvalue weighted by atomic mass is 9.82. The van der Waals surface area contributed by atoms with Crippen molar-refractivity contribution in [2.45, 2.75) is 0 Å². The second-order valence-electron chi connectivity index (χ2n) is 11.3. The van der Waals surface area contributed by atoms with Gasteiger partial charge in [0.1, 0.15) is 0 Å². The van der Waals surface area contributed by atoms with Gasteiger partial charge in [0.2, 0.25) is 0 Å². The molecular formula is C42H26. The Balaban J connectivity index is 1.59. The third-order valence-corrected chi connectivity index (χ3v) is 8.97. The van der Waals surface area contributed by atoms with Crippen LogP contribution in [-0.2, 0) is 0 Å². The van der Waals surface area contributed by atoms with E-state index in [1.807, 2.05) is 0 Å². The first-order valence-corrected chi connectivity index (χ1v) is 14.6. The minimum absolute atomic E-state index is 1.26. The molecule has 0 fully saturated rings. The van der Waals surface area contributed by atoms with Crippen molar-refractivity contribution >= 4 is 64.6 Å². The minimum atomic E-state index is 1.26. The van der Waals surface area contributed by atoms with Gasteiger partial charge in [-0.05, 0) is 111 Å². The Morgan fingerprint density at radius 3 is 0.857 bits per heavy atom. The van der Waals surface area contributed by atoms with Crippen LogP contribution < -0.4 is 0 Å². The molecule has 0 nitrogen and oxygen atoms in total. The number of hydrogen-bond acceptors (Lipinski definition) is 0. The summed E-state index contributed by atoms with van der Waals surface area (Å²) in [5.41, 5.74) is 5.16. The molecule has 0 saturated carbocycles. The lowest BCUT2D eigenvalue weighted by Gasteiger charge is -2.21. The Morgan fingerprint density at radius 1 is 0.214 bits per heavy atom. The van der Waals surface area contributed by atoms with Crippen LogP contribution in [0.4, 0.5) is 0 Å². The molecule has 0 atom stereocenters. The molecule has 0 unspecified atom stereocenters. The lowest BCUT2D eigenvalue weighted by Crippen LogP contribution is -1.93. The molecule has 0 N–H and O–H groups in total. The SMILES string of the molecule is c1ccc2cc3c(-c4cccc5ccccc45)c4cc5ccccc5cc4c(-c4cccc5ccccc45)c3cc2c1. The molecule has 0 aromatic heterocycles. The van der Waals surface area contributed by atoms with Gasteiger partial charge in [-0.25, -0.2) is 0 Å². The van der Waals surface area contributed by atoms with Crippen LogP contribution in [0.15, 0.2) is 158 Å². The van der Waals surface area contributed by atoms with Crippen LogP contribution in [-0.4, -0.2) is 0 Å². The van der Waals surface area contributed by atoms with Gasteiger partial charge >= 0.3 is 0 Å². The Labute approximate surface area is 244 Å². The zero-order chi connectivity index (χ0) is 27.6. The molecule has 0 heterocycles. The van der Waals surface area contributed by atoms with Crippen LogP contribution in [0.5, 0.6) is 0 Å². The zero-order valence-corrected chi connectivity index (χ0v) is 23.0. The quantitative estimate of drug-likeness (QED) is 0.195. The van der Waals surface area contributed by atoms with Crippen molar-refractivity contribution in [3.63, 3.8) is 0 Å². The van der Waals surface area contributed by atoms with E-state index in [1.54, 1.807) is 0 Å². The Hall–Kier alpha value is -5.46. The molecule has 9 aromatic rings. The molecule has 0 bridgehead atoms. The van der Waals surface area contributed by atoms with Gasteiger partial charge in [-0.15, -0.1) is 0 Å². The van der Waals surface area contributed by atoms with Gasteiger partial charge in [0, 0.05) is 0 Å². The highest BCUT2D eigenvalue weighted by atomic mass is 14.2. The van der Waals surface area contributed by atoms with Gasteiger partial charge < -0.3 is 0 Å². The molecule has 0 amide bonds. The fourth-order valence-corrected chi connectivity index (χ4v) is 7.07. The highest BCUT2D eigenvalue weighted by Gasteiger charge is 2.20. The van der Waals surface area contributed by atoms with Crippen LogP contribution in [0.3, 0.4) is 0 Å². The molecule has 0 heteroatoms. The topological polar surface area (TPSA) is 0 Å². The molecule has 194 valence electrons. The Bertz CT molecular complexity index is 2230. The highest BCUT2D eigenvalue weighted by Crippen LogP contribution is 2.48. The molecule has 0 aliphatic carbocycles. The minimum Gasteiger partial charge on any atom is -0.0616 e. The summed E-state index contributed by atoms with van der Waals surface area (Å²) in [5.74, 6) is 0. The van der Waals surface area contributed by atoms with Crippen LogP contribution in [0, 0.1) is 0 Å². The van der Waals surface area contributed by atoms with E-state index in [-0.39, 0.29) is 0 Å². The first kappa shape index (κ1) is 23.3. The number of rotatable bonds is 2. The van der Waals surface area contributed by atoms with Gasteiger partial charge in [0.25, 0.3) is 0 Å². The number of hydrogen-bond donors (Lipinski definition) is 0. The number of benzene rings is 9. The predicted octanol–water partition coefficient (Wildman–Crippen LogP) is 11.9. The summed E-state index contributed by atoms with van der Waals surface area (Å²) in [6.07, 6.45) is 0. The van der Waals surface area contributed by atoms with E-state index in [1.165, 1.54) is 86.9 Å². The summed E-state index contributed by atoms with van der Waals surface area (Å²) < 4.78 is 0. The van der Waals surface area contributed by atoms with Gasteiger partial charge in [0.15, 0.2) is 0 Å². The van der Waals surface area contributed by atoms with Gasteiger partial charge in [-0.3, -0.25) is 0 Å². The fraction of sp³-hybridized carbons (Fsp3) is 0. The van der Waals surface area contributed by atoms with Gasteiger partial charge in [0.05, 0.1) is 0 Å². The van der Waals surface area contributed by atoms with E-state index in [0.29, 0.717) is 0 Å². The van der Waals surface area contributed by atoms with E-state index in [0.717, 1.165) is 0 Å².